The number of ether oxygens (including phenoxy) is 2. The van der Waals surface area contributed by atoms with E-state index >= 15 is 0 Å². The third-order valence-corrected chi connectivity index (χ3v) is 4.45. The van der Waals surface area contributed by atoms with Crippen molar-refractivity contribution < 1.29 is 14.3 Å². The van der Waals surface area contributed by atoms with Crippen LogP contribution in [0.4, 0.5) is 0 Å². The Kier molecular flexibility index (Phi) is 7.08. The largest absolute Gasteiger partial charge is 0.484 e. The van der Waals surface area contributed by atoms with E-state index < -0.39 is 0 Å². The lowest BCUT2D eigenvalue weighted by atomic mass is 10.1. The summed E-state index contributed by atoms with van der Waals surface area (Å²) < 4.78 is 10.9. The monoisotopic (exact) mass is 371 g/mol. The second-order valence-corrected chi connectivity index (χ2v) is 6.46. The standard InChI is InChI=1S/C16H22ClN3O3S/c1-10-6-13(7-11(2)15(10)17)23-9-14(21)19-20-16(24)18-8-12-4-3-5-22-12/h6-7,12H,3-5,8-9H2,1-2H3,(H,19,21)(H2,18,20,24). The Hall–Kier alpha value is -1.57. The molecule has 6 nitrogen and oxygen atoms in total. The van der Waals surface area contributed by atoms with Crippen molar-refractivity contribution in [1.82, 2.24) is 16.2 Å². The van der Waals surface area contributed by atoms with E-state index in [0.717, 1.165) is 30.6 Å². The highest BCUT2D eigenvalue weighted by atomic mass is 35.5. The first-order valence-corrected chi connectivity index (χ1v) is 8.58. The lowest BCUT2D eigenvalue weighted by Crippen LogP contribution is -2.49. The van der Waals surface area contributed by atoms with Crippen molar-refractivity contribution in [3.05, 3.63) is 28.3 Å². The molecule has 8 heteroatoms. The number of benzene rings is 1. The molecule has 1 heterocycles. The molecule has 1 aliphatic heterocycles. The van der Waals surface area contributed by atoms with Gasteiger partial charge in [0.1, 0.15) is 5.75 Å². The van der Waals surface area contributed by atoms with Crippen LogP contribution in [-0.4, -0.2) is 36.9 Å². The fraction of sp³-hybridized carbons (Fsp3) is 0.500. The van der Waals surface area contributed by atoms with Crippen LogP contribution in [0.3, 0.4) is 0 Å². The Morgan fingerprint density at radius 1 is 1.38 bits per heavy atom. The van der Waals surface area contributed by atoms with E-state index in [1.54, 1.807) is 12.1 Å². The lowest BCUT2D eigenvalue weighted by molar-refractivity contribution is -0.123. The van der Waals surface area contributed by atoms with E-state index in [2.05, 4.69) is 16.2 Å². The Morgan fingerprint density at radius 3 is 2.71 bits per heavy atom. The summed E-state index contributed by atoms with van der Waals surface area (Å²) in [7, 11) is 0. The van der Waals surface area contributed by atoms with Crippen molar-refractivity contribution in [3.8, 4) is 5.75 Å². The van der Waals surface area contributed by atoms with Crippen LogP contribution in [0.2, 0.25) is 5.02 Å². The first-order valence-electron chi connectivity index (χ1n) is 7.79. The van der Waals surface area contributed by atoms with E-state index in [0.29, 0.717) is 22.4 Å². The average Bonchev–Trinajstić information content (AvgIpc) is 3.07. The Labute approximate surface area is 152 Å². The first kappa shape index (κ1) is 18.8. The van der Waals surface area contributed by atoms with Crippen LogP contribution in [0.1, 0.15) is 24.0 Å². The summed E-state index contributed by atoms with van der Waals surface area (Å²) in [5, 5.41) is 4.05. The molecule has 1 saturated heterocycles. The number of hydrogen-bond acceptors (Lipinski definition) is 4. The van der Waals surface area contributed by atoms with Crippen molar-refractivity contribution >= 4 is 34.8 Å². The van der Waals surface area contributed by atoms with Crippen LogP contribution in [0, 0.1) is 13.8 Å². The molecule has 1 amide bonds. The minimum atomic E-state index is -0.332. The van der Waals surface area contributed by atoms with Crippen LogP contribution in [-0.2, 0) is 9.53 Å². The normalized spacial score (nSPS) is 16.5. The van der Waals surface area contributed by atoms with Gasteiger partial charge in [0, 0.05) is 18.2 Å². The van der Waals surface area contributed by atoms with Gasteiger partial charge in [-0.15, -0.1) is 0 Å². The van der Waals surface area contributed by atoms with Gasteiger partial charge in [-0.1, -0.05) is 11.6 Å². The van der Waals surface area contributed by atoms with Crippen LogP contribution in [0.25, 0.3) is 0 Å². The van der Waals surface area contributed by atoms with E-state index in [9.17, 15) is 4.79 Å². The van der Waals surface area contributed by atoms with Crippen molar-refractivity contribution in [3.63, 3.8) is 0 Å². The molecule has 1 unspecified atom stereocenters. The van der Waals surface area contributed by atoms with Gasteiger partial charge in [-0.05, 0) is 62.2 Å². The van der Waals surface area contributed by atoms with Gasteiger partial charge in [-0.25, -0.2) is 0 Å². The predicted octanol–water partition coefficient (Wildman–Crippen LogP) is 2.01. The van der Waals surface area contributed by atoms with E-state index in [4.69, 9.17) is 33.3 Å². The summed E-state index contributed by atoms with van der Waals surface area (Å²) in [5.74, 6) is 0.269. The molecule has 0 aromatic heterocycles. The molecule has 0 aliphatic carbocycles. The zero-order chi connectivity index (χ0) is 17.5. The van der Waals surface area contributed by atoms with Crippen molar-refractivity contribution in [2.24, 2.45) is 0 Å². The summed E-state index contributed by atoms with van der Waals surface area (Å²) in [5.41, 5.74) is 6.94. The lowest BCUT2D eigenvalue weighted by Gasteiger charge is -2.15. The summed E-state index contributed by atoms with van der Waals surface area (Å²) in [6.45, 7) is 5.08. The molecule has 2 rings (SSSR count). The number of amides is 1. The smallest absolute Gasteiger partial charge is 0.276 e. The molecular formula is C16H22ClN3O3S. The fourth-order valence-electron chi connectivity index (χ4n) is 2.36. The van der Waals surface area contributed by atoms with Gasteiger partial charge in [-0.3, -0.25) is 15.6 Å². The molecule has 132 valence electrons. The quantitative estimate of drug-likeness (QED) is 0.543. The second kappa shape index (κ2) is 9.05. The molecule has 1 aliphatic rings. The van der Waals surface area contributed by atoms with Gasteiger partial charge in [0.05, 0.1) is 6.10 Å². The molecule has 0 radical (unpaired) electrons. The molecule has 0 bridgehead atoms. The van der Waals surface area contributed by atoms with Crippen LogP contribution >= 0.6 is 23.8 Å². The number of rotatable bonds is 5. The third kappa shape index (κ3) is 5.81. The number of thiocarbonyl (C=S) groups is 1. The van der Waals surface area contributed by atoms with Crippen molar-refractivity contribution in [2.45, 2.75) is 32.8 Å². The SMILES string of the molecule is Cc1cc(OCC(=O)NNC(=S)NCC2CCCO2)cc(C)c1Cl. The van der Waals surface area contributed by atoms with Crippen LogP contribution in [0.15, 0.2) is 12.1 Å². The number of nitrogens with one attached hydrogen (secondary N) is 3. The van der Waals surface area contributed by atoms with Gasteiger partial charge in [0.25, 0.3) is 5.91 Å². The van der Waals surface area contributed by atoms with Gasteiger partial charge >= 0.3 is 0 Å². The Balaban J connectivity index is 1.66. The second-order valence-electron chi connectivity index (χ2n) is 5.68. The molecule has 0 saturated carbocycles. The fourth-order valence-corrected chi connectivity index (χ4v) is 2.60. The van der Waals surface area contributed by atoms with Gasteiger partial charge < -0.3 is 14.8 Å². The topological polar surface area (TPSA) is 71.6 Å². The molecular weight excluding hydrogens is 350 g/mol. The minimum absolute atomic E-state index is 0.123. The third-order valence-electron chi connectivity index (χ3n) is 3.61. The number of aryl methyl sites for hydroxylation is 2. The number of carbonyl (C=O) groups excluding carboxylic acids is 1. The van der Waals surface area contributed by atoms with Gasteiger partial charge in [-0.2, -0.15) is 0 Å². The highest BCUT2D eigenvalue weighted by Gasteiger charge is 2.15. The number of carbonyl (C=O) groups is 1. The van der Waals surface area contributed by atoms with E-state index in [1.165, 1.54) is 0 Å². The number of hydrazine groups is 1. The molecule has 3 N–H and O–H groups in total. The summed E-state index contributed by atoms with van der Waals surface area (Å²) in [6.07, 6.45) is 2.28. The average molecular weight is 372 g/mol. The molecule has 1 fully saturated rings. The summed E-state index contributed by atoms with van der Waals surface area (Å²) in [6, 6.07) is 3.59. The van der Waals surface area contributed by atoms with Crippen LogP contribution < -0.4 is 20.9 Å². The van der Waals surface area contributed by atoms with Crippen molar-refractivity contribution in [2.75, 3.05) is 19.8 Å². The van der Waals surface area contributed by atoms with E-state index in [-0.39, 0.29) is 18.6 Å². The minimum Gasteiger partial charge on any atom is -0.484 e. The van der Waals surface area contributed by atoms with Crippen LogP contribution in [0.5, 0.6) is 5.75 Å². The first-order chi connectivity index (χ1) is 11.5. The highest BCUT2D eigenvalue weighted by Crippen LogP contribution is 2.25. The van der Waals surface area contributed by atoms with Gasteiger partial charge in [0.15, 0.2) is 11.7 Å². The Morgan fingerprint density at radius 2 is 2.08 bits per heavy atom. The predicted molar refractivity (Wildman–Crippen MR) is 97.3 cm³/mol. The molecule has 24 heavy (non-hydrogen) atoms. The maximum absolute atomic E-state index is 11.8. The molecule has 0 spiro atoms. The zero-order valence-corrected chi connectivity index (χ0v) is 15.4. The molecule has 1 aromatic carbocycles. The Bertz CT molecular complexity index is 583. The molecule has 1 aromatic rings. The maximum atomic E-state index is 11.8. The molecule has 1 atom stereocenters. The van der Waals surface area contributed by atoms with Crippen molar-refractivity contribution in [1.29, 1.82) is 0 Å². The number of hydrogen-bond donors (Lipinski definition) is 3. The summed E-state index contributed by atoms with van der Waals surface area (Å²) in [4.78, 5) is 11.8. The summed E-state index contributed by atoms with van der Waals surface area (Å²) >= 11 is 11.2. The maximum Gasteiger partial charge on any atom is 0.276 e. The van der Waals surface area contributed by atoms with Gasteiger partial charge in [0.2, 0.25) is 0 Å². The number of halogens is 1. The highest BCUT2D eigenvalue weighted by molar-refractivity contribution is 7.80. The van der Waals surface area contributed by atoms with E-state index in [1.807, 2.05) is 13.8 Å². The zero-order valence-electron chi connectivity index (χ0n) is 13.8.